The number of amides is 1. The van der Waals surface area contributed by atoms with E-state index in [1.54, 1.807) is 18.2 Å². The lowest BCUT2D eigenvalue weighted by Gasteiger charge is -2.11. The van der Waals surface area contributed by atoms with Crippen molar-refractivity contribution >= 4 is 35.1 Å². The molecule has 3 aromatic carbocycles. The number of carboxylic acid groups (broad SMARTS) is 1. The van der Waals surface area contributed by atoms with Crippen molar-refractivity contribution in [2.45, 2.75) is 26.4 Å². The number of carbonyl (C=O) groups is 2. The molecule has 1 unspecified atom stereocenters. The van der Waals surface area contributed by atoms with Gasteiger partial charge in [-0.05, 0) is 49.7 Å². The number of rotatable bonds is 7. The molecule has 0 saturated carbocycles. The minimum atomic E-state index is -1.09. The number of aliphatic carboxylic acids is 1. The largest absolute Gasteiger partial charge is 0.480 e. The molecule has 178 valence electrons. The molecule has 8 heteroatoms. The molecule has 1 atom stereocenters. The molecule has 1 heterocycles. The van der Waals surface area contributed by atoms with Gasteiger partial charge in [-0.15, -0.1) is 0 Å². The highest BCUT2D eigenvalue weighted by Gasteiger charge is 2.19. The average molecular weight is 508 g/mol. The molecule has 2 N–H and O–H groups in total. The van der Waals surface area contributed by atoms with E-state index in [0.29, 0.717) is 22.2 Å². The maximum absolute atomic E-state index is 12.3. The molecule has 4 rings (SSSR count). The molecule has 35 heavy (non-hydrogen) atoms. The normalized spacial score (nSPS) is 11.8. The van der Waals surface area contributed by atoms with Crippen LogP contribution in [0.5, 0.6) is 0 Å². The third kappa shape index (κ3) is 5.56. The topological polar surface area (TPSA) is 84.2 Å². The fourth-order valence-corrected chi connectivity index (χ4v) is 4.39. The van der Waals surface area contributed by atoms with E-state index in [-0.39, 0.29) is 0 Å². The summed E-state index contributed by atoms with van der Waals surface area (Å²) in [6, 6.07) is 21.4. The number of hydrogen-bond donors (Lipinski definition) is 2. The van der Waals surface area contributed by atoms with Crippen LogP contribution in [0.2, 0.25) is 10.0 Å². The molecule has 0 aliphatic carbocycles. The van der Waals surface area contributed by atoms with E-state index in [2.05, 4.69) is 5.32 Å². The van der Waals surface area contributed by atoms with Crippen molar-refractivity contribution in [1.29, 1.82) is 0 Å². The van der Waals surface area contributed by atoms with Crippen LogP contribution in [0.4, 0.5) is 0 Å². The first-order chi connectivity index (χ1) is 16.7. The van der Waals surface area contributed by atoms with E-state index in [0.717, 1.165) is 33.6 Å². The van der Waals surface area contributed by atoms with Crippen molar-refractivity contribution in [1.82, 2.24) is 15.1 Å². The van der Waals surface area contributed by atoms with Gasteiger partial charge in [0.05, 0.1) is 17.9 Å². The van der Waals surface area contributed by atoms with E-state index in [1.807, 2.05) is 66.2 Å². The Morgan fingerprint density at radius 1 is 0.971 bits per heavy atom. The van der Waals surface area contributed by atoms with Gasteiger partial charge >= 0.3 is 5.97 Å². The number of nitrogens with zero attached hydrogens (tertiary/aromatic N) is 2. The first-order valence-electron chi connectivity index (χ1n) is 10.9. The third-order valence-corrected chi connectivity index (χ3v) is 6.08. The fourth-order valence-electron chi connectivity index (χ4n) is 3.87. The molecule has 4 aromatic rings. The number of nitrogens with one attached hydrogen (secondary N) is 1. The zero-order valence-electron chi connectivity index (χ0n) is 19.1. The smallest absolute Gasteiger partial charge is 0.325 e. The Morgan fingerprint density at radius 3 is 2.20 bits per heavy atom. The summed E-state index contributed by atoms with van der Waals surface area (Å²) in [5, 5.41) is 17.4. The first-order valence-corrected chi connectivity index (χ1v) is 11.7. The van der Waals surface area contributed by atoms with Crippen molar-refractivity contribution in [2.24, 2.45) is 0 Å². The SMILES string of the molecule is Cc1c(-c2cc(Cl)cc(Cl)c2)nn(Cc2ccc(C(=O)NC(C)C(=O)O)cc2)c1-c1ccccc1. The standard InChI is InChI=1S/C27H23Cl2N3O3/c1-16-24(21-12-22(28)14-23(29)13-21)31-32(25(16)19-6-4-3-5-7-19)15-18-8-10-20(11-9-18)26(33)30-17(2)27(34)35/h3-14,17H,15H2,1-2H3,(H,30,33)(H,34,35). The number of halogens is 2. The van der Waals surface area contributed by atoms with Crippen LogP contribution >= 0.6 is 23.2 Å². The molecule has 1 amide bonds. The van der Waals surface area contributed by atoms with Gasteiger partial charge in [-0.2, -0.15) is 5.10 Å². The molecular formula is C27H23Cl2N3O3. The summed E-state index contributed by atoms with van der Waals surface area (Å²) in [5.74, 6) is -1.53. The Bertz CT molecular complexity index is 1360. The van der Waals surface area contributed by atoms with E-state index in [9.17, 15) is 9.59 Å². The Kier molecular flexibility index (Phi) is 7.24. The number of aromatic nitrogens is 2. The minimum absolute atomic E-state index is 0.385. The number of benzene rings is 3. The van der Waals surface area contributed by atoms with Crippen LogP contribution in [0.3, 0.4) is 0 Å². The highest BCUT2D eigenvalue weighted by Crippen LogP contribution is 2.34. The van der Waals surface area contributed by atoms with Gasteiger partial charge in [-0.3, -0.25) is 14.3 Å². The highest BCUT2D eigenvalue weighted by atomic mass is 35.5. The Balaban J connectivity index is 1.69. The van der Waals surface area contributed by atoms with E-state index in [1.165, 1.54) is 6.92 Å². The molecular weight excluding hydrogens is 485 g/mol. The lowest BCUT2D eigenvalue weighted by atomic mass is 10.0. The van der Waals surface area contributed by atoms with Crippen LogP contribution in [-0.2, 0) is 11.3 Å². The number of carbonyl (C=O) groups excluding carboxylic acids is 1. The number of hydrogen-bond acceptors (Lipinski definition) is 3. The van der Waals surface area contributed by atoms with Gasteiger partial charge in [0.15, 0.2) is 0 Å². The average Bonchev–Trinajstić information content (AvgIpc) is 3.15. The minimum Gasteiger partial charge on any atom is -0.480 e. The predicted molar refractivity (Wildman–Crippen MR) is 138 cm³/mol. The van der Waals surface area contributed by atoms with Gasteiger partial charge in [0.1, 0.15) is 6.04 Å². The molecule has 6 nitrogen and oxygen atoms in total. The van der Waals surface area contributed by atoms with Gasteiger partial charge in [0.25, 0.3) is 5.91 Å². The van der Waals surface area contributed by atoms with Crippen molar-refractivity contribution in [3.8, 4) is 22.5 Å². The van der Waals surface area contributed by atoms with Crippen LogP contribution in [0.15, 0.2) is 72.8 Å². The molecule has 0 radical (unpaired) electrons. The van der Waals surface area contributed by atoms with Gasteiger partial charge in [-0.1, -0.05) is 65.7 Å². The van der Waals surface area contributed by atoms with Crippen molar-refractivity contribution < 1.29 is 14.7 Å². The quantitative estimate of drug-likeness (QED) is 0.317. The lowest BCUT2D eigenvalue weighted by Crippen LogP contribution is -2.38. The fraction of sp³-hybridized carbons (Fsp3) is 0.148. The van der Waals surface area contributed by atoms with E-state index >= 15 is 0 Å². The Morgan fingerprint density at radius 2 is 1.60 bits per heavy atom. The molecule has 0 fully saturated rings. The van der Waals surface area contributed by atoms with Gasteiger partial charge in [0, 0.05) is 32.3 Å². The van der Waals surface area contributed by atoms with E-state index < -0.39 is 17.9 Å². The maximum atomic E-state index is 12.3. The summed E-state index contributed by atoms with van der Waals surface area (Å²) in [5.41, 5.74) is 5.92. The van der Waals surface area contributed by atoms with Crippen LogP contribution in [0.25, 0.3) is 22.5 Å². The molecule has 0 spiro atoms. The van der Waals surface area contributed by atoms with Crippen LogP contribution in [0.1, 0.15) is 28.4 Å². The van der Waals surface area contributed by atoms with Crippen molar-refractivity contribution in [2.75, 3.05) is 0 Å². The van der Waals surface area contributed by atoms with Gasteiger partial charge < -0.3 is 10.4 Å². The molecule has 0 aliphatic rings. The van der Waals surface area contributed by atoms with Gasteiger partial charge in [0.2, 0.25) is 0 Å². The van der Waals surface area contributed by atoms with E-state index in [4.69, 9.17) is 33.4 Å². The summed E-state index contributed by atoms with van der Waals surface area (Å²) in [6.07, 6.45) is 0. The van der Waals surface area contributed by atoms with Crippen LogP contribution < -0.4 is 5.32 Å². The molecule has 0 saturated heterocycles. The zero-order valence-corrected chi connectivity index (χ0v) is 20.6. The van der Waals surface area contributed by atoms with Crippen LogP contribution in [0, 0.1) is 6.92 Å². The summed E-state index contributed by atoms with van der Waals surface area (Å²) < 4.78 is 1.93. The second-order valence-electron chi connectivity index (χ2n) is 8.23. The predicted octanol–water partition coefficient (Wildman–Crippen LogP) is 6.08. The summed E-state index contributed by atoms with van der Waals surface area (Å²) in [4.78, 5) is 23.3. The summed E-state index contributed by atoms with van der Waals surface area (Å²) in [6.45, 7) is 3.91. The van der Waals surface area contributed by atoms with Crippen molar-refractivity contribution in [3.05, 3.63) is 99.5 Å². The lowest BCUT2D eigenvalue weighted by molar-refractivity contribution is -0.138. The highest BCUT2D eigenvalue weighted by molar-refractivity contribution is 6.35. The Hall–Kier alpha value is -3.61. The zero-order chi connectivity index (χ0) is 25.1. The maximum Gasteiger partial charge on any atom is 0.325 e. The Labute approximate surface area is 213 Å². The second kappa shape index (κ2) is 10.3. The summed E-state index contributed by atoms with van der Waals surface area (Å²) in [7, 11) is 0. The van der Waals surface area contributed by atoms with Crippen LogP contribution in [-0.4, -0.2) is 32.8 Å². The molecule has 0 aliphatic heterocycles. The molecule has 0 bridgehead atoms. The van der Waals surface area contributed by atoms with Gasteiger partial charge in [-0.25, -0.2) is 0 Å². The number of carboxylic acids is 1. The second-order valence-corrected chi connectivity index (χ2v) is 9.11. The first kappa shape index (κ1) is 24.5. The third-order valence-electron chi connectivity index (χ3n) is 5.64. The summed E-state index contributed by atoms with van der Waals surface area (Å²) >= 11 is 12.5. The molecule has 1 aromatic heterocycles. The van der Waals surface area contributed by atoms with Crippen molar-refractivity contribution in [3.63, 3.8) is 0 Å². The monoisotopic (exact) mass is 507 g/mol.